The maximum Gasteiger partial charge on any atom is 0.335 e. The molecule has 1 aliphatic heterocycles. The lowest BCUT2D eigenvalue weighted by molar-refractivity contribution is -0.157. The lowest BCUT2D eigenvalue weighted by Gasteiger charge is -2.10. The van der Waals surface area contributed by atoms with E-state index in [0.717, 1.165) is 12.0 Å². The Balaban J connectivity index is 1.70. The molecular formula is C14H16ClNO4. The molecule has 0 radical (unpaired) electrons. The molecule has 108 valence electrons. The molecular weight excluding hydrogens is 282 g/mol. The molecule has 1 heterocycles. The normalized spacial score (nSPS) is 17.8. The van der Waals surface area contributed by atoms with Gasteiger partial charge in [0, 0.05) is 18.2 Å². The van der Waals surface area contributed by atoms with Crippen LogP contribution in [0.15, 0.2) is 24.3 Å². The van der Waals surface area contributed by atoms with Gasteiger partial charge in [0.25, 0.3) is 5.91 Å². The monoisotopic (exact) mass is 297 g/mol. The van der Waals surface area contributed by atoms with Crippen LogP contribution in [0.1, 0.15) is 18.4 Å². The second-order valence-corrected chi connectivity index (χ2v) is 4.88. The van der Waals surface area contributed by atoms with Crippen LogP contribution in [-0.4, -0.2) is 31.2 Å². The summed E-state index contributed by atoms with van der Waals surface area (Å²) < 4.78 is 10.1. The van der Waals surface area contributed by atoms with Crippen molar-refractivity contribution in [1.29, 1.82) is 0 Å². The van der Waals surface area contributed by atoms with Gasteiger partial charge in [-0.2, -0.15) is 0 Å². The summed E-state index contributed by atoms with van der Waals surface area (Å²) in [7, 11) is 0. The number of hydrogen-bond acceptors (Lipinski definition) is 4. The third-order valence-corrected chi connectivity index (χ3v) is 3.34. The van der Waals surface area contributed by atoms with Crippen LogP contribution < -0.4 is 5.32 Å². The summed E-state index contributed by atoms with van der Waals surface area (Å²) in [6, 6.07) is 7.23. The molecule has 0 spiro atoms. The van der Waals surface area contributed by atoms with E-state index in [2.05, 4.69) is 5.32 Å². The van der Waals surface area contributed by atoms with Gasteiger partial charge >= 0.3 is 5.97 Å². The van der Waals surface area contributed by atoms with Gasteiger partial charge in [-0.05, 0) is 24.5 Å². The fourth-order valence-corrected chi connectivity index (χ4v) is 2.08. The largest absolute Gasteiger partial charge is 0.454 e. The van der Waals surface area contributed by atoms with Gasteiger partial charge in [-0.3, -0.25) is 4.79 Å². The van der Waals surface area contributed by atoms with Gasteiger partial charge in [0.2, 0.25) is 0 Å². The molecule has 1 amide bonds. The number of hydrogen-bond donors (Lipinski definition) is 1. The summed E-state index contributed by atoms with van der Waals surface area (Å²) in [5.41, 5.74) is 0.813. The quantitative estimate of drug-likeness (QED) is 0.840. The second-order valence-electron chi connectivity index (χ2n) is 4.48. The smallest absolute Gasteiger partial charge is 0.335 e. The second kappa shape index (κ2) is 7.26. The van der Waals surface area contributed by atoms with Crippen molar-refractivity contribution in [2.45, 2.75) is 25.5 Å². The zero-order valence-corrected chi connectivity index (χ0v) is 11.7. The van der Waals surface area contributed by atoms with E-state index in [4.69, 9.17) is 21.1 Å². The highest BCUT2D eigenvalue weighted by Crippen LogP contribution is 2.14. The Bertz CT molecular complexity index is 486. The lowest BCUT2D eigenvalue weighted by Crippen LogP contribution is -2.31. The highest BCUT2D eigenvalue weighted by atomic mass is 35.5. The van der Waals surface area contributed by atoms with Crippen molar-refractivity contribution in [1.82, 2.24) is 5.32 Å². The molecule has 1 aromatic rings. The molecule has 0 unspecified atom stereocenters. The third kappa shape index (κ3) is 4.21. The number of rotatable bonds is 5. The fourth-order valence-electron chi connectivity index (χ4n) is 1.88. The summed E-state index contributed by atoms with van der Waals surface area (Å²) in [5.74, 6) is -0.841. The minimum Gasteiger partial charge on any atom is -0.454 e. The molecule has 2 rings (SSSR count). The van der Waals surface area contributed by atoms with Gasteiger partial charge in [0.05, 0.1) is 0 Å². The van der Waals surface area contributed by atoms with Gasteiger partial charge in [-0.1, -0.05) is 29.8 Å². The molecule has 20 heavy (non-hydrogen) atoms. The molecule has 1 fully saturated rings. The van der Waals surface area contributed by atoms with E-state index in [1.807, 2.05) is 18.2 Å². The Hall–Kier alpha value is -1.59. The van der Waals surface area contributed by atoms with Crippen LogP contribution in [0, 0.1) is 0 Å². The maximum absolute atomic E-state index is 11.6. The van der Waals surface area contributed by atoms with E-state index in [1.54, 1.807) is 6.07 Å². The average Bonchev–Trinajstić information content (AvgIpc) is 2.98. The lowest BCUT2D eigenvalue weighted by atomic mass is 10.2. The highest BCUT2D eigenvalue weighted by Gasteiger charge is 2.25. The first kappa shape index (κ1) is 14.8. The zero-order chi connectivity index (χ0) is 14.4. The summed E-state index contributed by atoms with van der Waals surface area (Å²) in [4.78, 5) is 23.1. The maximum atomic E-state index is 11.6. The Morgan fingerprint density at radius 2 is 2.20 bits per heavy atom. The van der Waals surface area contributed by atoms with Crippen LogP contribution in [-0.2, 0) is 25.6 Å². The minimum absolute atomic E-state index is 0.302. The van der Waals surface area contributed by atoms with Gasteiger partial charge in [0.15, 0.2) is 12.7 Å². The number of halogens is 1. The van der Waals surface area contributed by atoms with Gasteiger partial charge in [-0.25, -0.2) is 4.79 Å². The topological polar surface area (TPSA) is 64.6 Å². The number of carbonyl (C=O) groups is 2. The van der Waals surface area contributed by atoms with Crippen LogP contribution >= 0.6 is 11.6 Å². The molecule has 0 bridgehead atoms. The molecule has 0 aliphatic carbocycles. The SMILES string of the molecule is O=C(COC(=O)[C@@H]1CCCO1)NCc1ccccc1Cl. The van der Waals surface area contributed by atoms with E-state index < -0.39 is 12.1 Å². The Morgan fingerprint density at radius 3 is 2.90 bits per heavy atom. The van der Waals surface area contributed by atoms with Crippen molar-refractivity contribution in [2.75, 3.05) is 13.2 Å². The van der Waals surface area contributed by atoms with E-state index in [9.17, 15) is 9.59 Å². The van der Waals surface area contributed by atoms with Gasteiger partial charge < -0.3 is 14.8 Å². The van der Waals surface area contributed by atoms with Gasteiger partial charge in [0.1, 0.15) is 0 Å². The molecule has 1 N–H and O–H groups in total. The van der Waals surface area contributed by atoms with Crippen molar-refractivity contribution in [3.8, 4) is 0 Å². The summed E-state index contributed by atoms with van der Waals surface area (Å²) in [5, 5.41) is 3.23. The number of esters is 1. The fraction of sp³-hybridized carbons (Fsp3) is 0.429. The van der Waals surface area contributed by atoms with Crippen LogP contribution in [0.25, 0.3) is 0 Å². The van der Waals surface area contributed by atoms with Crippen molar-refractivity contribution in [3.63, 3.8) is 0 Å². The van der Waals surface area contributed by atoms with E-state index in [1.165, 1.54) is 0 Å². The molecule has 1 atom stereocenters. The number of ether oxygens (including phenoxy) is 2. The first-order valence-electron chi connectivity index (χ1n) is 6.45. The molecule has 0 aromatic heterocycles. The highest BCUT2D eigenvalue weighted by molar-refractivity contribution is 6.31. The zero-order valence-electron chi connectivity index (χ0n) is 10.9. The van der Waals surface area contributed by atoms with Crippen molar-refractivity contribution >= 4 is 23.5 Å². The third-order valence-electron chi connectivity index (χ3n) is 2.97. The predicted octanol–water partition coefficient (Wildman–Crippen LogP) is 1.68. The van der Waals surface area contributed by atoms with Crippen LogP contribution in [0.4, 0.5) is 0 Å². The summed E-state index contributed by atoms with van der Waals surface area (Å²) in [6.45, 7) is 0.567. The molecule has 1 aromatic carbocycles. The van der Waals surface area contributed by atoms with Gasteiger partial charge in [-0.15, -0.1) is 0 Å². The molecule has 1 saturated heterocycles. The predicted molar refractivity (Wildman–Crippen MR) is 73.2 cm³/mol. The van der Waals surface area contributed by atoms with Crippen LogP contribution in [0.5, 0.6) is 0 Å². The van der Waals surface area contributed by atoms with E-state index in [0.29, 0.717) is 24.6 Å². The van der Waals surface area contributed by atoms with Crippen molar-refractivity contribution < 1.29 is 19.1 Å². The standard InChI is InChI=1S/C14H16ClNO4/c15-11-5-2-1-4-10(11)8-16-13(17)9-20-14(18)12-6-3-7-19-12/h1-2,4-5,12H,3,6-9H2,(H,16,17)/t12-/m0/s1. The molecule has 5 nitrogen and oxygen atoms in total. The van der Waals surface area contributed by atoms with Crippen molar-refractivity contribution in [3.05, 3.63) is 34.9 Å². The molecule has 6 heteroatoms. The van der Waals surface area contributed by atoms with Crippen LogP contribution in [0.3, 0.4) is 0 Å². The number of carbonyl (C=O) groups excluding carboxylic acids is 2. The Morgan fingerprint density at radius 1 is 1.40 bits per heavy atom. The molecule has 0 saturated carbocycles. The first-order chi connectivity index (χ1) is 9.66. The number of amides is 1. The summed E-state index contributed by atoms with van der Waals surface area (Å²) >= 11 is 5.97. The number of nitrogens with one attached hydrogen (secondary N) is 1. The summed E-state index contributed by atoms with van der Waals surface area (Å²) in [6.07, 6.45) is 0.977. The van der Waals surface area contributed by atoms with E-state index >= 15 is 0 Å². The average molecular weight is 298 g/mol. The number of benzene rings is 1. The first-order valence-corrected chi connectivity index (χ1v) is 6.83. The van der Waals surface area contributed by atoms with E-state index in [-0.39, 0.29) is 12.5 Å². The Kier molecular flexibility index (Phi) is 5.38. The van der Waals surface area contributed by atoms with Crippen LogP contribution in [0.2, 0.25) is 5.02 Å². The Labute approximate surface area is 122 Å². The minimum atomic E-state index is -0.522. The molecule has 1 aliphatic rings. The van der Waals surface area contributed by atoms with Crippen molar-refractivity contribution in [2.24, 2.45) is 0 Å².